The first-order chi connectivity index (χ1) is 18.0. The number of pyridine rings is 1. The molecule has 198 valence electrons. The molecular formula is C26H21ClF3N3O4S. The van der Waals surface area contributed by atoms with Crippen LogP contribution in [-0.4, -0.2) is 40.3 Å². The third-order valence-corrected chi connectivity index (χ3v) is 7.92. The summed E-state index contributed by atoms with van der Waals surface area (Å²) in [7, 11) is 0. The van der Waals surface area contributed by atoms with Crippen molar-refractivity contribution >= 4 is 35.2 Å². The molecule has 0 fully saturated rings. The molecule has 0 saturated carbocycles. The second kappa shape index (κ2) is 9.70. The van der Waals surface area contributed by atoms with E-state index in [-0.39, 0.29) is 0 Å². The number of ether oxygens (including phenoxy) is 1. The molecule has 0 spiro atoms. The Hall–Kier alpha value is -3.44. The maximum Gasteiger partial charge on any atom is 0.408 e. The standard InChI is InChI=1S/C26H21ClF3N3O4S/c1-14(26(28,29)30)31-13-33(32-10-9-20(35)24(37-15(2)34)23(32)25(31)36)22-18-6-4-3-5-16(18)12-38-21-11-17(27)7-8-19(21)22/h3-11,14,22H,12-13H2,1-2H3/t14-,22+/m1/s1. The van der Waals surface area contributed by atoms with Crippen LogP contribution in [0.2, 0.25) is 5.02 Å². The Bertz CT molecular complexity index is 1510. The summed E-state index contributed by atoms with van der Waals surface area (Å²) >= 11 is 7.82. The van der Waals surface area contributed by atoms with Crippen LogP contribution in [0.15, 0.2) is 64.4 Å². The first-order valence-corrected chi connectivity index (χ1v) is 12.9. The Labute approximate surface area is 224 Å². The quantitative estimate of drug-likeness (QED) is 0.412. The highest BCUT2D eigenvalue weighted by Gasteiger charge is 2.48. The van der Waals surface area contributed by atoms with Crippen LogP contribution in [0.1, 0.15) is 47.1 Å². The number of hydrogen-bond donors (Lipinski definition) is 0. The van der Waals surface area contributed by atoms with E-state index in [0.29, 0.717) is 15.7 Å². The number of amides is 1. The summed E-state index contributed by atoms with van der Waals surface area (Å²) in [6.45, 7) is 1.47. The molecule has 1 amide bonds. The molecule has 3 heterocycles. The number of carbonyl (C=O) groups is 2. The van der Waals surface area contributed by atoms with E-state index in [0.717, 1.165) is 41.5 Å². The predicted octanol–water partition coefficient (Wildman–Crippen LogP) is 5.12. The van der Waals surface area contributed by atoms with Gasteiger partial charge in [-0.05, 0) is 35.7 Å². The van der Waals surface area contributed by atoms with Crippen LogP contribution in [0, 0.1) is 0 Å². The molecule has 0 saturated heterocycles. The molecule has 3 aromatic rings. The van der Waals surface area contributed by atoms with Crippen LogP contribution < -0.4 is 15.2 Å². The summed E-state index contributed by atoms with van der Waals surface area (Å²) in [6.07, 6.45) is -3.43. The predicted molar refractivity (Wildman–Crippen MR) is 136 cm³/mol. The minimum Gasteiger partial charge on any atom is -0.420 e. The maximum atomic E-state index is 13.9. The molecule has 2 aliphatic rings. The number of nitrogens with zero attached hydrogens (tertiary/aromatic N) is 3. The lowest BCUT2D eigenvalue weighted by Gasteiger charge is -2.46. The number of benzene rings is 2. The van der Waals surface area contributed by atoms with Gasteiger partial charge in [0.15, 0.2) is 5.69 Å². The lowest BCUT2D eigenvalue weighted by Crippen LogP contribution is -2.60. The van der Waals surface area contributed by atoms with Crippen molar-refractivity contribution in [2.24, 2.45) is 0 Å². The maximum absolute atomic E-state index is 13.9. The fourth-order valence-electron chi connectivity index (χ4n) is 4.70. The summed E-state index contributed by atoms with van der Waals surface area (Å²) in [5.74, 6) is -1.99. The number of alkyl halides is 3. The summed E-state index contributed by atoms with van der Waals surface area (Å²) in [6, 6.07) is 11.1. The van der Waals surface area contributed by atoms with Crippen LogP contribution in [0.4, 0.5) is 13.2 Å². The smallest absolute Gasteiger partial charge is 0.408 e. The van der Waals surface area contributed by atoms with E-state index < -0.39 is 53.7 Å². The van der Waals surface area contributed by atoms with Crippen LogP contribution in [-0.2, 0) is 10.5 Å². The molecule has 2 aliphatic heterocycles. The average molecular weight is 564 g/mol. The molecule has 0 N–H and O–H groups in total. The van der Waals surface area contributed by atoms with E-state index in [1.54, 1.807) is 35.0 Å². The Kier molecular flexibility index (Phi) is 6.68. The molecule has 2 aromatic carbocycles. The molecule has 5 rings (SSSR count). The third kappa shape index (κ3) is 4.54. The minimum absolute atomic E-state index is 0.458. The number of thioether (sulfide) groups is 1. The molecule has 12 heteroatoms. The number of esters is 1. The highest BCUT2D eigenvalue weighted by atomic mass is 35.5. The fraction of sp³-hybridized carbons (Fsp3) is 0.269. The van der Waals surface area contributed by atoms with E-state index in [9.17, 15) is 27.6 Å². The van der Waals surface area contributed by atoms with Gasteiger partial charge in [-0.2, -0.15) is 13.2 Å². The third-order valence-electron chi connectivity index (χ3n) is 6.56. The van der Waals surface area contributed by atoms with E-state index in [2.05, 4.69) is 0 Å². The van der Waals surface area contributed by atoms with Gasteiger partial charge in [0, 0.05) is 34.9 Å². The van der Waals surface area contributed by atoms with Gasteiger partial charge in [-0.1, -0.05) is 41.9 Å². The fourth-order valence-corrected chi connectivity index (χ4v) is 6.07. The lowest BCUT2D eigenvalue weighted by atomic mass is 9.94. The van der Waals surface area contributed by atoms with Crippen molar-refractivity contribution in [1.29, 1.82) is 0 Å². The van der Waals surface area contributed by atoms with Gasteiger partial charge in [-0.25, -0.2) is 0 Å². The normalized spacial score (nSPS) is 17.7. The van der Waals surface area contributed by atoms with Crippen molar-refractivity contribution in [3.8, 4) is 5.75 Å². The first-order valence-electron chi connectivity index (χ1n) is 11.6. The Balaban J connectivity index is 1.80. The van der Waals surface area contributed by atoms with Gasteiger partial charge in [0.05, 0.1) is 6.04 Å². The molecule has 38 heavy (non-hydrogen) atoms. The second-order valence-electron chi connectivity index (χ2n) is 8.94. The van der Waals surface area contributed by atoms with Crippen molar-refractivity contribution in [2.75, 3.05) is 11.7 Å². The van der Waals surface area contributed by atoms with Gasteiger partial charge in [-0.3, -0.25) is 24.1 Å². The van der Waals surface area contributed by atoms with Gasteiger partial charge in [0.2, 0.25) is 11.2 Å². The number of hydrogen-bond acceptors (Lipinski definition) is 6. The zero-order chi connectivity index (χ0) is 27.4. The molecule has 7 nitrogen and oxygen atoms in total. The SMILES string of the molecule is CC(=O)Oc1c2n(ccc1=O)N([C@H]1c3ccccc3CSc3cc(Cl)ccc31)CN([C@H](C)C(F)(F)F)C2=O. The monoisotopic (exact) mass is 563 g/mol. The second-order valence-corrected chi connectivity index (χ2v) is 10.4. The average Bonchev–Trinajstić information content (AvgIpc) is 3.01. The largest absolute Gasteiger partial charge is 0.420 e. The van der Waals surface area contributed by atoms with Gasteiger partial charge in [0.25, 0.3) is 5.91 Å². The van der Waals surface area contributed by atoms with Crippen LogP contribution in [0.25, 0.3) is 0 Å². The van der Waals surface area contributed by atoms with Crippen LogP contribution >= 0.6 is 23.4 Å². The van der Waals surface area contributed by atoms with Crippen molar-refractivity contribution in [2.45, 2.75) is 42.8 Å². The molecule has 0 radical (unpaired) electrons. The Morgan fingerprint density at radius 2 is 1.87 bits per heavy atom. The molecule has 0 unspecified atom stereocenters. The first kappa shape index (κ1) is 26.2. The van der Waals surface area contributed by atoms with Crippen molar-refractivity contribution < 1.29 is 27.5 Å². The Morgan fingerprint density at radius 3 is 2.58 bits per heavy atom. The highest BCUT2D eigenvalue weighted by molar-refractivity contribution is 7.98. The Morgan fingerprint density at radius 1 is 1.13 bits per heavy atom. The van der Waals surface area contributed by atoms with Gasteiger partial charge < -0.3 is 9.64 Å². The van der Waals surface area contributed by atoms with E-state index >= 15 is 0 Å². The van der Waals surface area contributed by atoms with Crippen molar-refractivity contribution in [3.05, 3.63) is 92.4 Å². The van der Waals surface area contributed by atoms with E-state index in [1.807, 2.05) is 24.3 Å². The summed E-state index contributed by atoms with van der Waals surface area (Å²) in [4.78, 5) is 39.5. The van der Waals surface area contributed by atoms with Crippen molar-refractivity contribution in [1.82, 2.24) is 9.58 Å². The molecule has 2 atom stereocenters. The summed E-state index contributed by atoms with van der Waals surface area (Å²) in [5.41, 5.74) is 1.26. The van der Waals surface area contributed by atoms with Gasteiger partial charge in [-0.15, -0.1) is 11.8 Å². The van der Waals surface area contributed by atoms with Crippen molar-refractivity contribution in [3.63, 3.8) is 0 Å². The number of carbonyl (C=O) groups excluding carboxylic acids is 2. The topological polar surface area (TPSA) is 71.8 Å². The van der Waals surface area contributed by atoms with Gasteiger partial charge in [0.1, 0.15) is 12.7 Å². The van der Waals surface area contributed by atoms with Gasteiger partial charge >= 0.3 is 12.1 Å². The van der Waals surface area contributed by atoms with E-state index in [1.165, 1.54) is 10.9 Å². The number of aromatic nitrogens is 1. The molecular weight excluding hydrogens is 543 g/mol. The number of halogens is 4. The summed E-state index contributed by atoms with van der Waals surface area (Å²) < 4.78 is 48.2. The van der Waals surface area contributed by atoms with E-state index in [4.69, 9.17) is 16.3 Å². The van der Waals surface area contributed by atoms with Crippen LogP contribution in [0.3, 0.4) is 0 Å². The molecule has 0 bridgehead atoms. The lowest BCUT2D eigenvalue weighted by molar-refractivity contribution is -0.173. The molecule has 1 aromatic heterocycles. The minimum atomic E-state index is -4.75. The highest BCUT2D eigenvalue weighted by Crippen LogP contribution is 2.44. The summed E-state index contributed by atoms with van der Waals surface area (Å²) in [5, 5.41) is 2.08. The zero-order valence-corrected chi connectivity index (χ0v) is 21.7. The zero-order valence-electron chi connectivity index (χ0n) is 20.2. The molecule has 0 aliphatic carbocycles. The number of fused-ring (bicyclic) bond motifs is 3. The van der Waals surface area contributed by atoms with Crippen LogP contribution in [0.5, 0.6) is 5.75 Å². The number of rotatable bonds is 3.